The van der Waals surface area contributed by atoms with Gasteiger partial charge in [-0.1, -0.05) is 0 Å². The first kappa shape index (κ1) is 14.9. The van der Waals surface area contributed by atoms with Gasteiger partial charge in [0.25, 0.3) is 0 Å². The molecule has 0 spiro atoms. The molecule has 0 fully saturated rings. The van der Waals surface area contributed by atoms with Gasteiger partial charge in [0.2, 0.25) is 5.91 Å². The maximum Gasteiger partial charge on any atom is 0.405 e. The Bertz CT molecular complexity index is 380. The summed E-state index contributed by atoms with van der Waals surface area (Å²) in [6.45, 7) is 0.679. The number of hydrogen-bond acceptors (Lipinski definition) is 4. The van der Waals surface area contributed by atoms with Gasteiger partial charge in [-0.3, -0.25) is 9.69 Å². The van der Waals surface area contributed by atoms with E-state index in [2.05, 4.69) is 4.98 Å². The molecule has 0 aliphatic carbocycles. The van der Waals surface area contributed by atoms with Crippen LogP contribution in [0.15, 0.2) is 11.6 Å². The monoisotopic (exact) mass is 281 g/mol. The highest BCUT2D eigenvalue weighted by molar-refractivity contribution is 7.09. The number of halogens is 3. The van der Waals surface area contributed by atoms with Gasteiger partial charge >= 0.3 is 6.18 Å². The van der Waals surface area contributed by atoms with E-state index in [4.69, 9.17) is 0 Å². The van der Waals surface area contributed by atoms with E-state index >= 15 is 0 Å². The number of carbonyl (C=O) groups excluding carboxylic acids is 1. The molecule has 0 radical (unpaired) electrons. The molecule has 1 aromatic rings. The highest BCUT2D eigenvalue weighted by Crippen LogP contribution is 2.13. The van der Waals surface area contributed by atoms with Gasteiger partial charge in [-0.25, -0.2) is 4.98 Å². The fourth-order valence-electron chi connectivity index (χ4n) is 1.22. The van der Waals surface area contributed by atoms with Crippen LogP contribution in [0.5, 0.6) is 0 Å². The summed E-state index contributed by atoms with van der Waals surface area (Å²) in [6.07, 6.45) is -2.74. The number of alkyl halides is 3. The number of carbonyl (C=O) groups is 1. The molecule has 0 aromatic carbocycles. The third-order valence-corrected chi connectivity index (χ3v) is 3.14. The number of nitrogens with zero attached hydrogens (tertiary/aromatic N) is 2. The minimum Gasteiger partial charge on any atom is -0.346 e. The summed E-state index contributed by atoms with van der Waals surface area (Å²) in [7, 11) is 1.67. The van der Waals surface area contributed by atoms with Crippen molar-refractivity contribution in [1.82, 2.24) is 15.2 Å². The minimum absolute atomic E-state index is 0.429. The van der Waals surface area contributed by atoms with Gasteiger partial charge in [0.15, 0.2) is 0 Å². The number of hydrogen-bond donors (Lipinski definition) is 1. The molecule has 1 aromatic heterocycles. The van der Waals surface area contributed by atoms with E-state index in [1.165, 1.54) is 11.3 Å². The zero-order valence-corrected chi connectivity index (χ0v) is 10.8. The standard InChI is InChI=1S/C10H14F3N3OS/c1-7(9(17)15-6-10(11,12)13)16(2)5-8-14-3-4-18-8/h3-4,7H,5-6H2,1-2H3,(H,15,17)/t7-/m0/s1. The second-order valence-electron chi connectivity index (χ2n) is 3.85. The summed E-state index contributed by atoms with van der Waals surface area (Å²) in [4.78, 5) is 17.2. The summed E-state index contributed by atoms with van der Waals surface area (Å²) >= 11 is 1.43. The quantitative estimate of drug-likeness (QED) is 0.892. The number of rotatable bonds is 5. The smallest absolute Gasteiger partial charge is 0.346 e. The lowest BCUT2D eigenvalue weighted by molar-refractivity contribution is -0.141. The van der Waals surface area contributed by atoms with E-state index in [9.17, 15) is 18.0 Å². The Morgan fingerprint density at radius 2 is 2.28 bits per heavy atom. The summed E-state index contributed by atoms with van der Waals surface area (Å²) in [5.74, 6) is -0.647. The molecule has 102 valence electrons. The van der Waals surface area contributed by atoms with Gasteiger partial charge in [0.1, 0.15) is 11.6 Å². The first-order valence-corrected chi connectivity index (χ1v) is 6.10. The van der Waals surface area contributed by atoms with Crippen molar-refractivity contribution < 1.29 is 18.0 Å². The lowest BCUT2D eigenvalue weighted by Gasteiger charge is -2.23. The molecule has 1 rings (SSSR count). The van der Waals surface area contributed by atoms with E-state index in [1.54, 1.807) is 30.4 Å². The highest BCUT2D eigenvalue weighted by Gasteiger charge is 2.29. The van der Waals surface area contributed by atoms with Crippen molar-refractivity contribution in [1.29, 1.82) is 0 Å². The summed E-state index contributed by atoms with van der Waals surface area (Å²) in [5.41, 5.74) is 0. The maximum absolute atomic E-state index is 11.9. The molecule has 0 unspecified atom stereocenters. The molecule has 0 saturated carbocycles. The van der Waals surface area contributed by atoms with Crippen molar-refractivity contribution >= 4 is 17.2 Å². The first-order chi connectivity index (χ1) is 8.29. The van der Waals surface area contributed by atoms with Crippen LogP contribution in [-0.2, 0) is 11.3 Å². The first-order valence-electron chi connectivity index (χ1n) is 5.22. The van der Waals surface area contributed by atoms with E-state index in [1.807, 2.05) is 5.32 Å². The third-order valence-electron chi connectivity index (χ3n) is 2.37. The summed E-state index contributed by atoms with van der Waals surface area (Å²) < 4.78 is 35.8. The Hall–Kier alpha value is -1.15. The number of aromatic nitrogens is 1. The predicted molar refractivity (Wildman–Crippen MR) is 62.1 cm³/mol. The number of amides is 1. The van der Waals surface area contributed by atoms with Crippen LogP contribution in [0.4, 0.5) is 13.2 Å². The molecule has 1 atom stereocenters. The fourth-order valence-corrected chi connectivity index (χ4v) is 1.90. The fraction of sp³-hybridized carbons (Fsp3) is 0.600. The van der Waals surface area contributed by atoms with Gasteiger partial charge < -0.3 is 5.32 Å². The average molecular weight is 281 g/mol. The molecule has 1 heterocycles. The maximum atomic E-state index is 11.9. The van der Waals surface area contributed by atoms with Gasteiger partial charge in [-0.2, -0.15) is 13.2 Å². The van der Waals surface area contributed by atoms with Gasteiger partial charge in [-0.15, -0.1) is 11.3 Å². The largest absolute Gasteiger partial charge is 0.405 e. The lowest BCUT2D eigenvalue weighted by Crippen LogP contribution is -2.45. The summed E-state index contributed by atoms with van der Waals surface area (Å²) in [6, 6.07) is -0.642. The number of likely N-dealkylation sites (N-methyl/N-ethyl adjacent to an activating group) is 1. The average Bonchev–Trinajstić information content (AvgIpc) is 2.76. The van der Waals surface area contributed by atoms with Crippen LogP contribution >= 0.6 is 11.3 Å². The van der Waals surface area contributed by atoms with Crippen molar-refractivity contribution in [3.8, 4) is 0 Å². The molecule has 0 bridgehead atoms. The van der Waals surface area contributed by atoms with E-state index < -0.39 is 24.7 Å². The Balaban J connectivity index is 2.43. The Morgan fingerprint density at radius 1 is 1.61 bits per heavy atom. The van der Waals surface area contributed by atoms with Crippen molar-refractivity contribution in [3.63, 3.8) is 0 Å². The molecule has 1 N–H and O–H groups in total. The summed E-state index contributed by atoms with van der Waals surface area (Å²) in [5, 5.41) is 4.48. The van der Waals surface area contributed by atoms with Crippen molar-refractivity contribution in [2.75, 3.05) is 13.6 Å². The van der Waals surface area contributed by atoms with Gasteiger partial charge in [0.05, 0.1) is 12.6 Å². The van der Waals surface area contributed by atoms with E-state index in [-0.39, 0.29) is 0 Å². The van der Waals surface area contributed by atoms with E-state index in [0.29, 0.717) is 6.54 Å². The van der Waals surface area contributed by atoms with Gasteiger partial charge in [0, 0.05) is 11.6 Å². The lowest BCUT2D eigenvalue weighted by atomic mass is 10.2. The van der Waals surface area contributed by atoms with Crippen LogP contribution in [0.2, 0.25) is 0 Å². The molecule has 0 aliphatic heterocycles. The zero-order valence-electron chi connectivity index (χ0n) is 9.99. The van der Waals surface area contributed by atoms with Crippen LogP contribution < -0.4 is 5.32 Å². The molecule has 0 aliphatic rings. The second kappa shape index (κ2) is 6.14. The van der Waals surface area contributed by atoms with Crippen LogP contribution in [-0.4, -0.2) is 41.6 Å². The van der Waals surface area contributed by atoms with Crippen LogP contribution in [0.3, 0.4) is 0 Å². The van der Waals surface area contributed by atoms with Gasteiger partial charge in [-0.05, 0) is 14.0 Å². The minimum atomic E-state index is -4.39. The molecule has 8 heteroatoms. The zero-order chi connectivity index (χ0) is 13.8. The molecule has 18 heavy (non-hydrogen) atoms. The van der Waals surface area contributed by atoms with E-state index in [0.717, 1.165) is 5.01 Å². The molecule has 1 amide bonds. The molecular formula is C10H14F3N3OS. The number of thiazole rings is 1. The van der Waals surface area contributed by atoms with Crippen LogP contribution in [0, 0.1) is 0 Å². The topological polar surface area (TPSA) is 45.2 Å². The van der Waals surface area contributed by atoms with Crippen LogP contribution in [0.1, 0.15) is 11.9 Å². The normalized spacial score (nSPS) is 13.7. The van der Waals surface area contributed by atoms with Crippen molar-refractivity contribution in [2.45, 2.75) is 25.7 Å². The van der Waals surface area contributed by atoms with Crippen LogP contribution in [0.25, 0.3) is 0 Å². The molecule has 0 saturated heterocycles. The Kier molecular flexibility index (Phi) is 5.09. The Morgan fingerprint density at radius 3 is 2.78 bits per heavy atom. The molecule has 4 nitrogen and oxygen atoms in total. The third kappa shape index (κ3) is 5.01. The second-order valence-corrected chi connectivity index (χ2v) is 4.83. The Labute approximate surface area is 107 Å². The highest BCUT2D eigenvalue weighted by atomic mass is 32.1. The van der Waals surface area contributed by atoms with Crippen molar-refractivity contribution in [3.05, 3.63) is 16.6 Å². The molecular weight excluding hydrogens is 267 g/mol. The predicted octanol–water partition coefficient (Wildman–Crippen LogP) is 1.64. The number of nitrogens with one attached hydrogen (secondary N) is 1. The SMILES string of the molecule is C[C@@H](C(=O)NCC(F)(F)F)N(C)Cc1nccs1. The van der Waals surface area contributed by atoms with Crippen molar-refractivity contribution in [2.24, 2.45) is 0 Å².